The fourth-order valence-electron chi connectivity index (χ4n) is 3.10. The number of carbonyl (C=O) groups excluding carboxylic acids is 1. The molecule has 0 aromatic carbocycles. The van der Waals surface area contributed by atoms with E-state index in [0.29, 0.717) is 5.75 Å². The molecule has 2 aliphatic rings. The van der Waals surface area contributed by atoms with Crippen LogP contribution in [0.15, 0.2) is 0 Å². The zero-order valence-electron chi connectivity index (χ0n) is 12.2. The number of aliphatic carboxylic acids is 1. The lowest BCUT2D eigenvalue weighted by Gasteiger charge is -2.33. The highest BCUT2D eigenvalue weighted by atomic mass is 32.2. The smallest absolute Gasteiger partial charge is 0.327 e. The van der Waals surface area contributed by atoms with Gasteiger partial charge in [-0.25, -0.2) is 9.59 Å². The van der Waals surface area contributed by atoms with E-state index in [0.717, 1.165) is 38.5 Å². The molecule has 2 atom stereocenters. The molecule has 0 bridgehead atoms. The first-order valence-corrected chi connectivity index (χ1v) is 8.46. The highest BCUT2D eigenvalue weighted by Gasteiger charge is 2.43. The Hall–Kier alpha value is -0.910. The number of rotatable bonds is 4. The molecule has 1 saturated heterocycles. The predicted molar refractivity (Wildman–Crippen MR) is 79.8 cm³/mol. The fraction of sp³-hybridized carbons (Fsp3) is 0.857. The molecule has 5 nitrogen and oxygen atoms in total. The molecule has 0 spiro atoms. The van der Waals surface area contributed by atoms with Crippen LogP contribution in [0.4, 0.5) is 4.79 Å². The fourth-order valence-corrected chi connectivity index (χ4v) is 4.61. The standard InChI is InChI=1S/C14H24N2O3S/c1-3-6-11-16(10(9-20-11)12(17)18)13(19)15-14(2)7-4-5-8-14/h10-11H,3-9H2,1-2H3,(H,15,19)(H,17,18). The third-order valence-electron chi connectivity index (χ3n) is 4.26. The lowest BCUT2D eigenvalue weighted by atomic mass is 10.0. The number of nitrogens with zero attached hydrogens (tertiary/aromatic N) is 1. The second kappa shape index (κ2) is 6.24. The summed E-state index contributed by atoms with van der Waals surface area (Å²) in [5.41, 5.74) is -0.163. The Morgan fingerprint density at radius 2 is 2.05 bits per heavy atom. The average molecular weight is 300 g/mol. The van der Waals surface area contributed by atoms with Gasteiger partial charge in [-0.05, 0) is 26.2 Å². The maximum atomic E-state index is 12.5. The van der Waals surface area contributed by atoms with Crippen LogP contribution in [0.1, 0.15) is 52.4 Å². The second-order valence-electron chi connectivity index (χ2n) is 6.04. The first kappa shape index (κ1) is 15.5. The van der Waals surface area contributed by atoms with Crippen molar-refractivity contribution in [1.82, 2.24) is 10.2 Å². The molecule has 0 radical (unpaired) electrons. The number of urea groups is 1. The third-order valence-corrected chi connectivity index (χ3v) is 5.62. The van der Waals surface area contributed by atoms with Crippen LogP contribution in [0.5, 0.6) is 0 Å². The summed E-state index contributed by atoms with van der Waals surface area (Å²) in [5.74, 6) is -0.410. The molecule has 20 heavy (non-hydrogen) atoms. The van der Waals surface area contributed by atoms with Crippen LogP contribution in [-0.2, 0) is 4.79 Å². The molecule has 2 N–H and O–H groups in total. The van der Waals surface area contributed by atoms with Gasteiger partial charge in [0.25, 0.3) is 0 Å². The van der Waals surface area contributed by atoms with Crippen molar-refractivity contribution < 1.29 is 14.7 Å². The van der Waals surface area contributed by atoms with Gasteiger partial charge in [-0.1, -0.05) is 26.2 Å². The minimum atomic E-state index is -0.900. The Balaban J connectivity index is 2.08. The largest absolute Gasteiger partial charge is 0.480 e. The molecule has 114 valence electrons. The number of carboxylic acids is 1. The molecular weight excluding hydrogens is 276 g/mol. The second-order valence-corrected chi connectivity index (χ2v) is 7.25. The van der Waals surface area contributed by atoms with Crippen LogP contribution >= 0.6 is 11.8 Å². The molecule has 2 unspecified atom stereocenters. The maximum absolute atomic E-state index is 12.5. The Labute approximate surface area is 124 Å². The van der Waals surface area contributed by atoms with E-state index in [9.17, 15) is 14.7 Å². The first-order valence-electron chi connectivity index (χ1n) is 7.42. The minimum absolute atomic E-state index is 0.00824. The molecule has 2 fully saturated rings. The number of hydrogen-bond acceptors (Lipinski definition) is 3. The number of nitrogens with one attached hydrogen (secondary N) is 1. The zero-order valence-corrected chi connectivity index (χ0v) is 13.0. The third kappa shape index (κ3) is 3.22. The molecule has 1 aliphatic carbocycles. The summed E-state index contributed by atoms with van der Waals surface area (Å²) in [7, 11) is 0. The molecule has 0 aromatic heterocycles. The van der Waals surface area contributed by atoms with E-state index in [1.54, 1.807) is 16.7 Å². The minimum Gasteiger partial charge on any atom is -0.480 e. The summed E-state index contributed by atoms with van der Waals surface area (Å²) in [6, 6.07) is -0.896. The van der Waals surface area contributed by atoms with Crippen molar-refractivity contribution in [2.45, 2.75) is 69.3 Å². The number of thioether (sulfide) groups is 1. The van der Waals surface area contributed by atoms with Crippen molar-refractivity contribution in [3.05, 3.63) is 0 Å². The van der Waals surface area contributed by atoms with E-state index < -0.39 is 12.0 Å². The van der Waals surface area contributed by atoms with Crippen molar-refractivity contribution >= 4 is 23.8 Å². The molecule has 2 rings (SSSR count). The summed E-state index contributed by atoms with van der Waals surface area (Å²) >= 11 is 1.58. The molecule has 1 heterocycles. The van der Waals surface area contributed by atoms with Gasteiger partial charge < -0.3 is 10.4 Å². The Morgan fingerprint density at radius 1 is 1.40 bits per heavy atom. The monoisotopic (exact) mass is 300 g/mol. The van der Waals surface area contributed by atoms with Crippen LogP contribution in [0.3, 0.4) is 0 Å². The van der Waals surface area contributed by atoms with Crippen molar-refractivity contribution in [2.24, 2.45) is 0 Å². The molecule has 1 saturated carbocycles. The number of carbonyl (C=O) groups is 2. The van der Waals surface area contributed by atoms with Gasteiger partial charge in [0.2, 0.25) is 0 Å². The van der Waals surface area contributed by atoms with E-state index in [4.69, 9.17) is 0 Å². The molecule has 6 heteroatoms. The summed E-state index contributed by atoms with van der Waals surface area (Å²) in [6.45, 7) is 4.12. The number of hydrogen-bond donors (Lipinski definition) is 2. The SMILES string of the molecule is CCCC1SCC(C(=O)O)N1C(=O)NC1(C)CCCC1. The average Bonchev–Trinajstić information content (AvgIpc) is 2.96. The lowest BCUT2D eigenvalue weighted by molar-refractivity contribution is -0.141. The highest BCUT2D eigenvalue weighted by Crippen LogP contribution is 2.34. The number of carboxylic acid groups (broad SMARTS) is 1. The van der Waals surface area contributed by atoms with E-state index in [2.05, 4.69) is 19.2 Å². The lowest BCUT2D eigenvalue weighted by Crippen LogP contribution is -2.55. The van der Waals surface area contributed by atoms with E-state index in [1.165, 1.54) is 0 Å². The van der Waals surface area contributed by atoms with Gasteiger partial charge in [0, 0.05) is 11.3 Å². The van der Waals surface area contributed by atoms with Crippen molar-refractivity contribution in [2.75, 3.05) is 5.75 Å². The van der Waals surface area contributed by atoms with Gasteiger partial charge in [-0.15, -0.1) is 11.8 Å². The van der Waals surface area contributed by atoms with Crippen molar-refractivity contribution in [3.8, 4) is 0 Å². The normalized spacial score (nSPS) is 28.6. The Bertz CT molecular complexity index is 383. The van der Waals surface area contributed by atoms with Gasteiger partial charge in [-0.3, -0.25) is 4.90 Å². The van der Waals surface area contributed by atoms with Crippen LogP contribution in [-0.4, -0.2) is 44.7 Å². The van der Waals surface area contributed by atoms with Crippen LogP contribution < -0.4 is 5.32 Å². The van der Waals surface area contributed by atoms with Crippen molar-refractivity contribution in [3.63, 3.8) is 0 Å². The summed E-state index contributed by atoms with van der Waals surface area (Å²) < 4.78 is 0. The van der Waals surface area contributed by atoms with E-state index in [-0.39, 0.29) is 16.9 Å². The van der Waals surface area contributed by atoms with Crippen LogP contribution in [0.25, 0.3) is 0 Å². The molecule has 1 aliphatic heterocycles. The molecule has 2 amide bonds. The zero-order chi connectivity index (χ0) is 14.8. The van der Waals surface area contributed by atoms with Crippen LogP contribution in [0.2, 0.25) is 0 Å². The van der Waals surface area contributed by atoms with E-state index in [1.807, 2.05) is 0 Å². The van der Waals surface area contributed by atoms with Gasteiger partial charge in [-0.2, -0.15) is 0 Å². The van der Waals surface area contributed by atoms with Crippen molar-refractivity contribution in [1.29, 1.82) is 0 Å². The number of amides is 2. The summed E-state index contributed by atoms with van der Waals surface area (Å²) in [4.78, 5) is 25.4. The quantitative estimate of drug-likeness (QED) is 0.837. The predicted octanol–water partition coefficient (Wildman–Crippen LogP) is 2.66. The van der Waals surface area contributed by atoms with Gasteiger partial charge >= 0.3 is 12.0 Å². The molecule has 0 aromatic rings. The maximum Gasteiger partial charge on any atom is 0.327 e. The highest BCUT2D eigenvalue weighted by molar-refractivity contribution is 8.00. The Morgan fingerprint density at radius 3 is 2.60 bits per heavy atom. The Kier molecular flexibility index (Phi) is 4.83. The molecular formula is C14H24N2O3S. The summed E-state index contributed by atoms with van der Waals surface area (Å²) in [5, 5.41) is 12.4. The van der Waals surface area contributed by atoms with Crippen LogP contribution in [0, 0.1) is 0 Å². The van der Waals surface area contributed by atoms with Gasteiger partial charge in [0.1, 0.15) is 6.04 Å². The first-order chi connectivity index (χ1) is 9.47. The van der Waals surface area contributed by atoms with E-state index >= 15 is 0 Å². The summed E-state index contributed by atoms with van der Waals surface area (Å²) in [6.07, 6.45) is 6.02. The topological polar surface area (TPSA) is 69.6 Å². The van der Waals surface area contributed by atoms with Gasteiger partial charge in [0.05, 0.1) is 5.37 Å². The van der Waals surface area contributed by atoms with Gasteiger partial charge in [0.15, 0.2) is 0 Å².